The van der Waals surface area contributed by atoms with Gasteiger partial charge in [0.15, 0.2) is 0 Å². The fourth-order valence-electron chi connectivity index (χ4n) is 2.33. The average Bonchev–Trinajstić information content (AvgIpc) is 2.84. The number of nitrogens with zero attached hydrogens (tertiary/aromatic N) is 3. The summed E-state index contributed by atoms with van der Waals surface area (Å²) in [6, 6.07) is 0. The van der Waals surface area contributed by atoms with Crippen LogP contribution in [0.25, 0.3) is 0 Å². The molecule has 1 unspecified atom stereocenters. The normalized spacial score (nSPS) is 22.5. The molecule has 1 fully saturated rings. The van der Waals surface area contributed by atoms with Crippen LogP contribution < -0.4 is 0 Å². The lowest BCUT2D eigenvalue weighted by Gasteiger charge is -2.22. The predicted molar refractivity (Wildman–Crippen MR) is 67.6 cm³/mol. The zero-order valence-corrected chi connectivity index (χ0v) is 11.1. The molecule has 2 heterocycles. The van der Waals surface area contributed by atoms with Crippen molar-refractivity contribution in [1.82, 2.24) is 14.9 Å². The molecule has 1 saturated heterocycles. The third-order valence-electron chi connectivity index (χ3n) is 3.77. The molecule has 0 bridgehead atoms. The van der Waals surface area contributed by atoms with Gasteiger partial charge in [0.2, 0.25) is 0 Å². The molecule has 6 heteroatoms. The van der Waals surface area contributed by atoms with Crippen LogP contribution in [0.1, 0.15) is 35.9 Å². The highest BCUT2D eigenvalue weighted by Crippen LogP contribution is 2.34. The molecule has 1 atom stereocenters. The first kappa shape index (κ1) is 13.5. The molecule has 1 aliphatic heterocycles. The summed E-state index contributed by atoms with van der Waals surface area (Å²) >= 11 is 0. The van der Waals surface area contributed by atoms with Gasteiger partial charge in [0.1, 0.15) is 5.69 Å². The maximum atomic E-state index is 12.2. The number of hydrogen-bond donors (Lipinski definition) is 1. The maximum Gasteiger partial charge on any atom is 0.311 e. The molecule has 0 radical (unpaired) electrons. The number of aromatic nitrogens is 2. The number of amides is 1. The zero-order valence-electron chi connectivity index (χ0n) is 11.1. The Morgan fingerprint density at radius 2 is 2.16 bits per heavy atom. The number of aliphatic carboxylic acids is 1. The van der Waals surface area contributed by atoms with Gasteiger partial charge in [-0.15, -0.1) is 0 Å². The Bertz CT molecular complexity index is 500. The summed E-state index contributed by atoms with van der Waals surface area (Å²) < 4.78 is 0. The van der Waals surface area contributed by atoms with E-state index >= 15 is 0 Å². The highest BCUT2D eigenvalue weighted by atomic mass is 16.4. The van der Waals surface area contributed by atoms with E-state index in [4.69, 9.17) is 0 Å². The van der Waals surface area contributed by atoms with E-state index in [0.717, 1.165) is 5.69 Å². The smallest absolute Gasteiger partial charge is 0.311 e. The molecule has 2 rings (SSSR count). The number of likely N-dealkylation sites (tertiary alicyclic amines) is 1. The van der Waals surface area contributed by atoms with Crippen molar-refractivity contribution in [2.24, 2.45) is 5.41 Å². The zero-order chi connectivity index (χ0) is 14.0. The van der Waals surface area contributed by atoms with Gasteiger partial charge in [0.25, 0.3) is 5.91 Å². The molecule has 1 aromatic heterocycles. The Balaban J connectivity index is 2.14. The van der Waals surface area contributed by atoms with Crippen molar-refractivity contribution in [1.29, 1.82) is 0 Å². The molecule has 1 amide bonds. The molecular formula is C13H17N3O3. The van der Waals surface area contributed by atoms with Crippen LogP contribution in [-0.2, 0) is 4.79 Å². The van der Waals surface area contributed by atoms with Crippen LogP contribution in [0.5, 0.6) is 0 Å². The number of aryl methyl sites for hydroxylation is 1. The summed E-state index contributed by atoms with van der Waals surface area (Å²) in [5, 5.41) is 9.30. The lowest BCUT2D eigenvalue weighted by molar-refractivity contribution is -0.148. The number of carboxylic acids is 1. The van der Waals surface area contributed by atoms with E-state index in [-0.39, 0.29) is 18.1 Å². The van der Waals surface area contributed by atoms with Crippen LogP contribution in [0.15, 0.2) is 12.4 Å². The molecule has 1 aromatic rings. The van der Waals surface area contributed by atoms with Gasteiger partial charge in [-0.05, 0) is 19.8 Å². The Morgan fingerprint density at radius 3 is 2.63 bits per heavy atom. The van der Waals surface area contributed by atoms with E-state index in [1.807, 2.05) is 6.92 Å². The summed E-state index contributed by atoms with van der Waals surface area (Å²) in [4.78, 5) is 33.2. The third kappa shape index (κ3) is 2.43. The molecule has 19 heavy (non-hydrogen) atoms. The molecule has 0 saturated carbocycles. The summed E-state index contributed by atoms with van der Waals surface area (Å²) in [7, 11) is 0. The van der Waals surface area contributed by atoms with Crippen molar-refractivity contribution in [3.63, 3.8) is 0 Å². The molecule has 1 N–H and O–H groups in total. The Morgan fingerprint density at radius 1 is 1.42 bits per heavy atom. The topological polar surface area (TPSA) is 83.4 Å². The van der Waals surface area contributed by atoms with E-state index < -0.39 is 11.4 Å². The van der Waals surface area contributed by atoms with Crippen molar-refractivity contribution in [2.45, 2.75) is 26.7 Å². The first-order chi connectivity index (χ1) is 8.98. The predicted octanol–water partition coefficient (Wildman–Crippen LogP) is 1.11. The third-order valence-corrected chi connectivity index (χ3v) is 3.77. The van der Waals surface area contributed by atoms with E-state index in [1.165, 1.54) is 12.4 Å². The maximum absolute atomic E-state index is 12.2. The van der Waals surface area contributed by atoms with Gasteiger partial charge in [-0.25, -0.2) is 4.98 Å². The van der Waals surface area contributed by atoms with E-state index in [9.17, 15) is 14.7 Å². The van der Waals surface area contributed by atoms with Crippen molar-refractivity contribution in [3.8, 4) is 0 Å². The number of carbonyl (C=O) groups is 2. The van der Waals surface area contributed by atoms with Gasteiger partial charge in [-0.2, -0.15) is 0 Å². The van der Waals surface area contributed by atoms with Crippen molar-refractivity contribution >= 4 is 11.9 Å². The lowest BCUT2D eigenvalue weighted by Crippen LogP contribution is -2.36. The number of hydrogen-bond acceptors (Lipinski definition) is 4. The molecular weight excluding hydrogens is 246 g/mol. The average molecular weight is 263 g/mol. The second-order valence-corrected chi connectivity index (χ2v) is 4.96. The van der Waals surface area contributed by atoms with Crippen molar-refractivity contribution < 1.29 is 14.7 Å². The molecule has 0 aliphatic carbocycles. The van der Waals surface area contributed by atoms with Gasteiger partial charge in [0, 0.05) is 19.3 Å². The Hall–Kier alpha value is -1.98. The Labute approximate surface area is 111 Å². The highest BCUT2D eigenvalue weighted by Gasteiger charge is 2.45. The number of carbonyl (C=O) groups excluding carboxylic acids is 1. The van der Waals surface area contributed by atoms with Crippen LogP contribution in [0.3, 0.4) is 0 Å². The van der Waals surface area contributed by atoms with Crippen LogP contribution >= 0.6 is 0 Å². The summed E-state index contributed by atoms with van der Waals surface area (Å²) in [5.41, 5.74) is 0.197. The summed E-state index contributed by atoms with van der Waals surface area (Å²) in [6.45, 7) is 4.33. The standard InChI is InChI=1S/C13H17N3O3/c1-3-13(12(18)19)4-5-16(8-13)11(17)10-7-14-9(2)6-15-10/h6-7H,3-5,8H2,1-2H3,(H,18,19). The molecule has 6 nitrogen and oxygen atoms in total. The first-order valence-corrected chi connectivity index (χ1v) is 6.30. The van der Waals surface area contributed by atoms with E-state index in [1.54, 1.807) is 11.8 Å². The highest BCUT2D eigenvalue weighted by molar-refractivity contribution is 5.93. The molecule has 0 spiro atoms. The summed E-state index contributed by atoms with van der Waals surface area (Å²) in [6.07, 6.45) is 3.98. The second-order valence-electron chi connectivity index (χ2n) is 4.96. The van der Waals surface area contributed by atoms with Crippen molar-refractivity contribution in [2.75, 3.05) is 13.1 Å². The summed E-state index contributed by atoms with van der Waals surface area (Å²) in [5.74, 6) is -1.08. The first-order valence-electron chi connectivity index (χ1n) is 6.30. The van der Waals surface area contributed by atoms with Crippen LogP contribution in [0.4, 0.5) is 0 Å². The minimum atomic E-state index is -0.833. The fourth-order valence-corrected chi connectivity index (χ4v) is 2.33. The minimum absolute atomic E-state index is 0.243. The van der Waals surface area contributed by atoms with E-state index in [2.05, 4.69) is 9.97 Å². The van der Waals surface area contributed by atoms with Crippen LogP contribution in [0, 0.1) is 12.3 Å². The minimum Gasteiger partial charge on any atom is -0.481 e. The van der Waals surface area contributed by atoms with Gasteiger partial charge in [-0.1, -0.05) is 6.92 Å². The number of rotatable bonds is 3. The monoisotopic (exact) mass is 263 g/mol. The van der Waals surface area contributed by atoms with Gasteiger partial charge in [-0.3, -0.25) is 14.6 Å². The molecule has 102 valence electrons. The Kier molecular flexibility index (Phi) is 3.50. The van der Waals surface area contributed by atoms with Crippen LogP contribution in [-0.4, -0.2) is 44.9 Å². The van der Waals surface area contributed by atoms with Gasteiger partial charge < -0.3 is 10.0 Å². The van der Waals surface area contributed by atoms with Crippen molar-refractivity contribution in [3.05, 3.63) is 23.8 Å². The number of carboxylic acid groups (broad SMARTS) is 1. The second kappa shape index (κ2) is 4.95. The quantitative estimate of drug-likeness (QED) is 0.883. The van der Waals surface area contributed by atoms with E-state index in [0.29, 0.717) is 19.4 Å². The molecule has 1 aliphatic rings. The van der Waals surface area contributed by atoms with Gasteiger partial charge in [0.05, 0.1) is 17.3 Å². The van der Waals surface area contributed by atoms with Crippen LogP contribution in [0.2, 0.25) is 0 Å². The SMILES string of the molecule is CCC1(C(=O)O)CCN(C(=O)c2cnc(C)cn2)C1. The fraction of sp³-hybridized carbons (Fsp3) is 0.538. The molecule has 0 aromatic carbocycles. The van der Waals surface area contributed by atoms with Gasteiger partial charge >= 0.3 is 5.97 Å². The largest absolute Gasteiger partial charge is 0.481 e. The lowest BCUT2D eigenvalue weighted by atomic mass is 9.84.